The molecule has 0 bridgehead atoms. The van der Waals surface area contributed by atoms with Gasteiger partial charge in [0.1, 0.15) is 5.75 Å². The minimum Gasteiger partial charge on any atom is -0.483 e. The van der Waals surface area contributed by atoms with Crippen LogP contribution in [0.15, 0.2) is 24.3 Å². The summed E-state index contributed by atoms with van der Waals surface area (Å²) in [5.41, 5.74) is -0.922. The Morgan fingerprint density at radius 2 is 1.86 bits per heavy atom. The molecule has 1 N–H and O–H groups in total. The largest absolute Gasteiger partial charge is 0.483 e. The second kappa shape index (κ2) is 7.49. The molecule has 22 heavy (non-hydrogen) atoms. The lowest BCUT2D eigenvalue weighted by molar-refractivity contribution is -0.142. The van der Waals surface area contributed by atoms with Gasteiger partial charge in [0.05, 0.1) is 11.7 Å². The van der Waals surface area contributed by atoms with Gasteiger partial charge < -0.3 is 14.7 Å². The quantitative estimate of drug-likeness (QED) is 0.877. The van der Waals surface area contributed by atoms with E-state index in [0.29, 0.717) is 0 Å². The number of benzene rings is 1. The number of aliphatic hydroxyl groups is 1. The highest BCUT2D eigenvalue weighted by atomic mass is 19.4. The van der Waals surface area contributed by atoms with Gasteiger partial charge in [-0.05, 0) is 32.9 Å². The van der Waals surface area contributed by atoms with Gasteiger partial charge in [-0.1, -0.05) is 12.1 Å². The van der Waals surface area contributed by atoms with Crippen LogP contribution in [0.1, 0.15) is 26.3 Å². The average molecular weight is 319 g/mol. The second-order valence-corrected chi connectivity index (χ2v) is 5.27. The van der Waals surface area contributed by atoms with Crippen LogP contribution in [-0.2, 0) is 11.0 Å². The lowest BCUT2D eigenvalue weighted by Crippen LogP contribution is -2.43. The van der Waals surface area contributed by atoms with Crippen molar-refractivity contribution in [1.29, 1.82) is 0 Å². The number of halogens is 3. The zero-order valence-electron chi connectivity index (χ0n) is 12.7. The fourth-order valence-corrected chi connectivity index (χ4v) is 1.93. The van der Waals surface area contributed by atoms with Crippen LogP contribution >= 0.6 is 0 Å². The van der Waals surface area contributed by atoms with Gasteiger partial charge in [-0.3, -0.25) is 4.79 Å². The monoisotopic (exact) mass is 319 g/mol. The van der Waals surface area contributed by atoms with Gasteiger partial charge in [-0.15, -0.1) is 0 Å². The number of carbonyl (C=O) groups is 1. The molecule has 4 nitrogen and oxygen atoms in total. The lowest BCUT2D eigenvalue weighted by Gasteiger charge is -2.28. The highest BCUT2D eigenvalue weighted by Gasteiger charge is 2.34. The van der Waals surface area contributed by atoms with E-state index in [9.17, 15) is 23.1 Å². The SMILES string of the molecule is CC(O)CN(C(=O)COc1ccccc1C(F)(F)F)C(C)C. The van der Waals surface area contributed by atoms with Crippen LogP contribution in [0.4, 0.5) is 13.2 Å². The summed E-state index contributed by atoms with van der Waals surface area (Å²) >= 11 is 0. The highest BCUT2D eigenvalue weighted by molar-refractivity contribution is 5.78. The molecule has 0 aliphatic rings. The van der Waals surface area contributed by atoms with Crippen LogP contribution < -0.4 is 4.74 Å². The first kappa shape index (κ1) is 18.3. The van der Waals surface area contributed by atoms with Gasteiger partial charge in [0.15, 0.2) is 6.61 Å². The molecular weight excluding hydrogens is 299 g/mol. The molecule has 1 aromatic carbocycles. The van der Waals surface area contributed by atoms with Crippen LogP contribution in [-0.4, -0.2) is 41.2 Å². The molecule has 0 aromatic heterocycles. The Bertz CT molecular complexity index is 501. The Hall–Kier alpha value is -1.76. The Balaban J connectivity index is 2.79. The first-order chi connectivity index (χ1) is 10.1. The van der Waals surface area contributed by atoms with Crippen molar-refractivity contribution in [2.45, 2.75) is 39.1 Å². The molecule has 0 radical (unpaired) electrons. The first-order valence-corrected chi connectivity index (χ1v) is 6.89. The Morgan fingerprint density at radius 1 is 1.27 bits per heavy atom. The molecule has 0 saturated carbocycles. The molecule has 0 spiro atoms. The number of rotatable bonds is 6. The van der Waals surface area contributed by atoms with Gasteiger partial charge in [-0.2, -0.15) is 13.2 Å². The lowest BCUT2D eigenvalue weighted by atomic mass is 10.2. The zero-order valence-corrected chi connectivity index (χ0v) is 12.7. The smallest absolute Gasteiger partial charge is 0.419 e. The molecule has 124 valence electrons. The number of para-hydroxylation sites is 1. The predicted octanol–water partition coefficient (Wildman–Crippen LogP) is 2.70. The van der Waals surface area contributed by atoms with E-state index < -0.39 is 30.4 Å². The molecule has 1 aromatic rings. The van der Waals surface area contributed by atoms with E-state index in [1.807, 2.05) is 0 Å². The Kier molecular flexibility index (Phi) is 6.22. The molecule has 7 heteroatoms. The maximum atomic E-state index is 12.8. The van der Waals surface area contributed by atoms with Crippen molar-refractivity contribution in [1.82, 2.24) is 4.90 Å². The molecule has 0 aliphatic heterocycles. The topological polar surface area (TPSA) is 49.8 Å². The number of ether oxygens (including phenoxy) is 1. The summed E-state index contributed by atoms with van der Waals surface area (Å²) in [6, 6.07) is 4.54. The van der Waals surface area contributed by atoms with Crippen molar-refractivity contribution in [3.63, 3.8) is 0 Å². The maximum absolute atomic E-state index is 12.8. The minimum atomic E-state index is -4.54. The minimum absolute atomic E-state index is 0.0980. The maximum Gasteiger partial charge on any atom is 0.419 e. The van der Waals surface area contributed by atoms with Crippen LogP contribution in [0.3, 0.4) is 0 Å². The molecular formula is C15H20F3NO3. The summed E-state index contributed by atoms with van der Waals surface area (Å²) in [7, 11) is 0. The van der Waals surface area contributed by atoms with Crippen molar-refractivity contribution in [3.05, 3.63) is 29.8 Å². The predicted molar refractivity (Wildman–Crippen MR) is 75.5 cm³/mol. The third-order valence-corrected chi connectivity index (χ3v) is 2.95. The normalized spacial score (nSPS) is 13.1. The summed E-state index contributed by atoms with van der Waals surface area (Å²) in [6.45, 7) is 4.62. The fraction of sp³-hybridized carbons (Fsp3) is 0.533. The summed E-state index contributed by atoms with van der Waals surface area (Å²) < 4.78 is 43.5. The van der Waals surface area contributed by atoms with Crippen LogP contribution in [0.25, 0.3) is 0 Å². The number of carbonyl (C=O) groups excluding carboxylic acids is 1. The van der Waals surface area contributed by atoms with Gasteiger partial charge in [0.2, 0.25) is 0 Å². The van der Waals surface area contributed by atoms with Gasteiger partial charge in [0.25, 0.3) is 5.91 Å². The molecule has 1 rings (SSSR count). The summed E-state index contributed by atoms with van der Waals surface area (Å²) in [6.07, 6.45) is -5.27. The number of aliphatic hydroxyl groups excluding tert-OH is 1. The van der Waals surface area contributed by atoms with E-state index in [4.69, 9.17) is 4.74 Å². The summed E-state index contributed by atoms with van der Waals surface area (Å²) in [5.74, 6) is -0.864. The van der Waals surface area contributed by atoms with E-state index in [-0.39, 0.29) is 18.3 Å². The number of alkyl halides is 3. The summed E-state index contributed by atoms with van der Waals surface area (Å²) in [4.78, 5) is 13.4. The number of hydrogen-bond donors (Lipinski definition) is 1. The molecule has 1 amide bonds. The Morgan fingerprint density at radius 3 is 2.36 bits per heavy atom. The highest BCUT2D eigenvalue weighted by Crippen LogP contribution is 2.35. The molecule has 0 saturated heterocycles. The second-order valence-electron chi connectivity index (χ2n) is 5.27. The molecule has 0 aliphatic carbocycles. The van der Waals surface area contributed by atoms with Crippen LogP contribution in [0.2, 0.25) is 0 Å². The third-order valence-electron chi connectivity index (χ3n) is 2.95. The van der Waals surface area contributed by atoms with Crippen molar-refractivity contribution < 1.29 is 27.8 Å². The Labute approximate surface area is 127 Å². The van der Waals surface area contributed by atoms with E-state index in [0.717, 1.165) is 6.07 Å². The number of hydrogen-bond acceptors (Lipinski definition) is 3. The van der Waals surface area contributed by atoms with E-state index >= 15 is 0 Å². The average Bonchev–Trinajstić information content (AvgIpc) is 2.41. The molecule has 0 heterocycles. The van der Waals surface area contributed by atoms with Crippen molar-refractivity contribution in [2.75, 3.05) is 13.2 Å². The molecule has 1 unspecified atom stereocenters. The number of nitrogens with zero attached hydrogens (tertiary/aromatic N) is 1. The molecule has 1 atom stereocenters. The molecule has 0 fully saturated rings. The number of amides is 1. The van der Waals surface area contributed by atoms with Gasteiger partial charge in [-0.25, -0.2) is 0 Å². The van der Waals surface area contributed by atoms with Crippen LogP contribution in [0, 0.1) is 0 Å². The van der Waals surface area contributed by atoms with Crippen molar-refractivity contribution in [2.24, 2.45) is 0 Å². The first-order valence-electron chi connectivity index (χ1n) is 6.89. The van der Waals surface area contributed by atoms with Gasteiger partial charge >= 0.3 is 6.18 Å². The summed E-state index contributed by atoms with van der Waals surface area (Å²) in [5, 5.41) is 9.37. The van der Waals surface area contributed by atoms with E-state index in [1.165, 1.54) is 30.0 Å². The standard InChI is InChI=1S/C15H20F3NO3/c1-10(2)19(8-11(3)20)14(21)9-22-13-7-5-4-6-12(13)15(16,17)18/h4-7,10-11,20H,8-9H2,1-3H3. The van der Waals surface area contributed by atoms with Gasteiger partial charge in [0, 0.05) is 12.6 Å². The van der Waals surface area contributed by atoms with E-state index in [1.54, 1.807) is 13.8 Å². The van der Waals surface area contributed by atoms with Crippen molar-refractivity contribution >= 4 is 5.91 Å². The third kappa shape index (κ3) is 5.22. The van der Waals surface area contributed by atoms with Crippen LogP contribution in [0.5, 0.6) is 5.75 Å². The fourth-order valence-electron chi connectivity index (χ4n) is 1.93. The van der Waals surface area contributed by atoms with Crippen molar-refractivity contribution in [3.8, 4) is 5.75 Å². The zero-order chi connectivity index (χ0) is 16.9. The van der Waals surface area contributed by atoms with E-state index in [2.05, 4.69) is 0 Å².